The molecule has 0 spiro atoms. The second-order valence-electron chi connectivity index (χ2n) is 7.13. The number of alkyl halides is 1. The molecule has 1 fully saturated rings. The first kappa shape index (κ1) is 22.1. The molecule has 3 N–H and O–H groups in total. The fourth-order valence-electron chi connectivity index (χ4n) is 3.45. The SMILES string of the molecule is O=C(O)CCCC=CC[C@@H]1[C@@H](C=C[C@@H](F)COc2ccccc2)[C@H](O)C[C@@H]1O. The maximum absolute atomic E-state index is 14.1. The third-order valence-corrected chi connectivity index (χ3v) is 4.95. The Labute approximate surface area is 165 Å². The highest BCUT2D eigenvalue weighted by Gasteiger charge is 2.39. The molecule has 28 heavy (non-hydrogen) atoms. The van der Waals surface area contributed by atoms with Crippen molar-refractivity contribution in [3.63, 3.8) is 0 Å². The van der Waals surface area contributed by atoms with E-state index in [1.807, 2.05) is 30.4 Å². The Bertz CT molecular complexity index is 646. The van der Waals surface area contributed by atoms with E-state index in [4.69, 9.17) is 9.84 Å². The summed E-state index contributed by atoms with van der Waals surface area (Å²) in [5.41, 5.74) is 0. The van der Waals surface area contributed by atoms with Crippen LogP contribution in [0.3, 0.4) is 0 Å². The summed E-state index contributed by atoms with van der Waals surface area (Å²) < 4.78 is 19.5. The van der Waals surface area contributed by atoms with E-state index in [-0.39, 0.29) is 31.3 Å². The number of allylic oxidation sites excluding steroid dienone is 2. The van der Waals surface area contributed by atoms with Crippen LogP contribution < -0.4 is 4.74 Å². The molecule has 154 valence electrons. The Hall–Kier alpha value is -2.18. The fraction of sp³-hybridized carbons (Fsp3) is 0.500. The minimum atomic E-state index is -1.31. The van der Waals surface area contributed by atoms with E-state index in [2.05, 4.69) is 0 Å². The second kappa shape index (κ2) is 11.6. The zero-order valence-corrected chi connectivity index (χ0v) is 15.9. The van der Waals surface area contributed by atoms with Crippen LogP contribution in [0.2, 0.25) is 0 Å². The van der Waals surface area contributed by atoms with Gasteiger partial charge in [-0.25, -0.2) is 4.39 Å². The summed E-state index contributed by atoms with van der Waals surface area (Å²) in [5.74, 6) is -0.733. The van der Waals surface area contributed by atoms with Gasteiger partial charge < -0.3 is 20.1 Å². The van der Waals surface area contributed by atoms with Crippen molar-refractivity contribution in [1.82, 2.24) is 0 Å². The summed E-state index contributed by atoms with van der Waals surface area (Å²) in [7, 11) is 0. The third kappa shape index (κ3) is 7.44. The number of benzene rings is 1. The maximum Gasteiger partial charge on any atom is 0.303 e. The van der Waals surface area contributed by atoms with Gasteiger partial charge in [0, 0.05) is 18.8 Å². The summed E-state index contributed by atoms with van der Waals surface area (Å²) in [6, 6.07) is 8.99. The summed E-state index contributed by atoms with van der Waals surface area (Å²) in [6.45, 7) is -0.111. The lowest BCUT2D eigenvalue weighted by molar-refractivity contribution is -0.137. The van der Waals surface area contributed by atoms with Crippen molar-refractivity contribution < 1.29 is 29.2 Å². The molecular weight excluding hydrogens is 363 g/mol. The molecule has 0 bridgehead atoms. The highest BCUT2D eigenvalue weighted by Crippen LogP contribution is 2.36. The van der Waals surface area contributed by atoms with Gasteiger partial charge in [0.05, 0.1) is 12.2 Å². The molecule has 1 aliphatic carbocycles. The van der Waals surface area contributed by atoms with Crippen molar-refractivity contribution >= 4 is 5.97 Å². The zero-order chi connectivity index (χ0) is 20.4. The van der Waals surface area contributed by atoms with E-state index in [9.17, 15) is 19.4 Å². The van der Waals surface area contributed by atoms with Crippen molar-refractivity contribution in [2.45, 2.75) is 50.5 Å². The predicted octanol–water partition coefficient (Wildman–Crippen LogP) is 3.52. The molecule has 1 aromatic carbocycles. The molecule has 0 heterocycles. The van der Waals surface area contributed by atoms with Crippen molar-refractivity contribution in [1.29, 1.82) is 0 Å². The van der Waals surface area contributed by atoms with Gasteiger partial charge in [-0.1, -0.05) is 42.5 Å². The summed E-state index contributed by atoms with van der Waals surface area (Å²) in [5, 5.41) is 29.0. The fourth-order valence-corrected chi connectivity index (χ4v) is 3.45. The summed E-state index contributed by atoms with van der Waals surface area (Å²) in [6.07, 6.45) is 6.33. The van der Waals surface area contributed by atoms with Gasteiger partial charge in [-0.2, -0.15) is 0 Å². The number of carboxylic acids is 1. The number of halogens is 1. The maximum atomic E-state index is 14.1. The van der Waals surface area contributed by atoms with E-state index in [1.165, 1.54) is 6.08 Å². The normalized spacial score (nSPS) is 26.1. The van der Waals surface area contributed by atoms with Crippen LogP contribution in [0.1, 0.15) is 32.1 Å². The zero-order valence-electron chi connectivity index (χ0n) is 15.9. The molecule has 6 heteroatoms. The van der Waals surface area contributed by atoms with Crippen molar-refractivity contribution in [3.05, 3.63) is 54.6 Å². The molecule has 0 unspecified atom stereocenters. The smallest absolute Gasteiger partial charge is 0.303 e. The van der Waals surface area contributed by atoms with Crippen molar-refractivity contribution in [2.75, 3.05) is 6.61 Å². The first-order valence-corrected chi connectivity index (χ1v) is 9.70. The van der Waals surface area contributed by atoms with E-state index in [0.717, 1.165) is 0 Å². The average Bonchev–Trinajstić information content (AvgIpc) is 2.94. The molecule has 0 radical (unpaired) electrons. The van der Waals surface area contributed by atoms with Crippen molar-refractivity contribution in [2.24, 2.45) is 11.8 Å². The van der Waals surface area contributed by atoms with Crippen LogP contribution in [0.4, 0.5) is 4.39 Å². The minimum absolute atomic E-state index is 0.111. The van der Waals surface area contributed by atoms with E-state index < -0.39 is 24.3 Å². The first-order chi connectivity index (χ1) is 13.5. The monoisotopic (exact) mass is 392 g/mol. The minimum Gasteiger partial charge on any atom is -0.490 e. The lowest BCUT2D eigenvalue weighted by Gasteiger charge is -2.19. The number of carbonyl (C=O) groups is 1. The molecule has 2 rings (SSSR count). The highest BCUT2D eigenvalue weighted by molar-refractivity contribution is 5.66. The summed E-state index contributed by atoms with van der Waals surface area (Å²) in [4.78, 5) is 10.5. The lowest BCUT2D eigenvalue weighted by atomic mass is 9.89. The molecule has 5 atom stereocenters. The van der Waals surface area contributed by atoms with Crippen LogP contribution in [-0.2, 0) is 4.79 Å². The van der Waals surface area contributed by atoms with Crippen LogP contribution in [0, 0.1) is 11.8 Å². The molecule has 0 amide bonds. The van der Waals surface area contributed by atoms with Gasteiger partial charge in [0.1, 0.15) is 12.4 Å². The van der Waals surface area contributed by atoms with Gasteiger partial charge in [-0.3, -0.25) is 4.79 Å². The number of aliphatic hydroxyl groups is 2. The Morgan fingerprint density at radius 2 is 1.96 bits per heavy atom. The molecule has 1 aromatic rings. The number of aliphatic carboxylic acids is 1. The number of ether oxygens (including phenoxy) is 1. The Balaban J connectivity index is 1.82. The molecule has 0 aromatic heterocycles. The Kier molecular flexibility index (Phi) is 9.17. The molecule has 0 saturated heterocycles. The van der Waals surface area contributed by atoms with Crippen LogP contribution >= 0.6 is 0 Å². The quantitative estimate of drug-likeness (QED) is 0.396. The molecular formula is C22H29FO5. The number of unbranched alkanes of at least 4 members (excludes halogenated alkanes) is 1. The molecule has 1 saturated carbocycles. The molecule has 5 nitrogen and oxygen atoms in total. The Morgan fingerprint density at radius 3 is 2.68 bits per heavy atom. The average molecular weight is 392 g/mol. The van der Waals surface area contributed by atoms with Gasteiger partial charge in [0.15, 0.2) is 6.17 Å². The number of hydrogen-bond donors (Lipinski definition) is 3. The highest BCUT2D eigenvalue weighted by atomic mass is 19.1. The second-order valence-corrected chi connectivity index (χ2v) is 7.13. The van der Waals surface area contributed by atoms with E-state index >= 15 is 0 Å². The third-order valence-electron chi connectivity index (χ3n) is 4.95. The predicted molar refractivity (Wildman–Crippen MR) is 105 cm³/mol. The van der Waals surface area contributed by atoms with Crippen LogP contribution in [-0.4, -0.2) is 46.3 Å². The number of aliphatic hydroxyl groups excluding tert-OH is 2. The van der Waals surface area contributed by atoms with Crippen molar-refractivity contribution in [3.8, 4) is 5.75 Å². The van der Waals surface area contributed by atoms with Gasteiger partial charge in [-0.05, 0) is 37.3 Å². The van der Waals surface area contributed by atoms with Gasteiger partial charge in [-0.15, -0.1) is 0 Å². The number of hydrogen-bond acceptors (Lipinski definition) is 4. The molecule has 1 aliphatic rings. The lowest BCUT2D eigenvalue weighted by Crippen LogP contribution is -2.20. The molecule has 0 aliphatic heterocycles. The topological polar surface area (TPSA) is 87.0 Å². The van der Waals surface area contributed by atoms with E-state index in [1.54, 1.807) is 18.2 Å². The first-order valence-electron chi connectivity index (χ1n) is 9.70. The standard InChI is InChI=1S/C22H29FO5/c23-16(15-28-17-8-4-3-5-9-17)12-13-19-18(20(24)14-21(19)25)10-6-1-2-7-11-22(26)27/h1,3-6,8-9,12-13,16,18-21,24-25H,2,7,10-11,14-15H2,(H,26,27)/t16-,18-,19-,20+,21-/m1/s1. The largest absolute Gasteiger partial charge is 0.490 e. The van der Waals surface area contributed by atoms with E-state index in [0.29, 0.717) is 25.0 Å². The number of para-hydroxylation sites is 1. The van der Waals surface area contributed by atoms with Crippen LogP contribution in [0.25, 0.3) is 0 Å². The number of rotatable bonds is 11. The van der Waals surface area contributed by atoms with Crippen LogP contribution in [0.15, 0.2) is 54.6 Å². The van der Waals surface area contributed by atoms with Gasteiger partial charge in [0.2, 0.25) is 0 Å². The van der Waals surface area contributed by atoms with Crippen LogP contribution in [0.5, 0.6) is 5.75 Å². The van der Waals surface area contributed by atoms with Gasteiger partial charge >= 0.3 is 5.97 Å². The number of carboxylic acid groups (broad SMARTS) is 1. The Morgan fingerprint density at radius 1 is 1.21 bits per heavy atom. The summed E-state index contributed by atoms with van der Waals surface area (Å²) >= 11 is 0. The van der Waals surface area contributed by atoms with Gasteiger partial charge in [0.25, 0.3) is 0 Å².